The third kappa shape index (κ3) is 6.11. The van der Waals surface area contributed by atoms with Gasteiger partial charge in [-0.15, -0.1) is 0 Å². The van der Waals surface area contributed by atoms with Crippen molar-refractivity contribution in [2.45, 2.75) is 88.7 Å². The van der Waals surface area contributed by atoms with Crippen LogP contribution >= 0.6 is 0 Å². The van der Waals surface area contributed by atoms with Crippen LogP contribution in [-0.2, 0) is 38.7 Å². The molecule has 0 aromatic rings. The van der Waals surface area contributed by atoms with Crippen LogP contribution in [0.15, 0.2) is 0 Å². The van der Waals surface area contributed by atoms with Crippen molar-refractivity contribution in [1.82, 2.24) is 0 Å². The molecule has 8 fully saturated rings. The van der Waals surface area contributed by atoms with Crippen molar-refractivity contribution < 1.29 is 59.1 Å². The van der Waals surface area contributed by atoms with Gasteiger partial charge in [0.2, 0.25) is 0 Å². The van der Waals surface area contributed by atoms with E-state index in [0.717, 1.165) is 51.4 Å². The Hall–Kier alpha value is -1.96. The number of carbonyl (C=O) groups is 3. The highest BCUT2D eigenvalue weighted by Gasteiger charge is 2.65. The van der Waals surface area contributed by atoms with E-state index in [1.165, 1.54) is 19.8 Å². The Labute approximate surface area is 260 Å². The summed E-state index contributed by atoms with van der Waals surface area (Å²) in [4.78, 5) is 40.0. The van der Waals surface area contributed by atoms with Crippen molar-refractivity contribution in [3.05, 3.63) is 0 Å². The zero-order valence-electron chi connectivity index (χ0n) is 25.3. The van der Waals surface area contributed by atoms with Gasteiger partial charge in [-0.3, -0.25) is 18.9 Å². The first kappa shape index (κ1) is 33.0. The zero-order chi connectivity index (χ0) is 32.5. The third-order valence-electron chi connectivity index (χ3n) is 12.0. The normalized spacial score (nSPS) is 38.1. The molecule has 14 heteroatoms. The van der Waals surface area contributed by atoms with Gasteiger partial charge in [0.1, 0.15) is 18.6 Å². The SMILES string of the molecule is CC(COC(=O)C1C2CC3CC(C2)CC1C3)(COC(=O)C1C2CC3CC(C2)CC1C3)C(=O)OCCC(F)(F)C(F)(F)S(=O)(=O)O. The van der Waals surface area contributed by atoms with E-state index in [4.69, 9.17) is 18.8 Å². The van der Waals surface area contributed by atoms with E-state index in [9.17, 15) is 40.4 Å². The monoisotopic (exact) mass is 666 g/mol. The van der Waals surface area contributed by atoms with Gasteiger partial charge >= 0.3 is 39.2 Å². The van der Waals surface area contributed by atoms with Crippen LogP contribution in [-0.4, -0.2) is 61.9 Å². The van der Waals surface area contributed by atoms with E-state index in [-0.39, 0.29) is 35.5 Å². The van der Waals surface area contributed by atoms with Crippen LogP contribution in [0.5, 0.6) is 0 Å². The molecule has 8 saturated carbocycles. The molecular weight excluding hydrogens is 624 g/mol. The summed E-state index contributed by atoms with van der Waals surface area (Å²) < 4.78 is 102. The summed E-state index contributed by atoms with van der Waals surface area (Å²) in [5.41, 5.74) is -1.84. The quantitative estimate of drug-likeness (QED) is 0.128. The molecular formula is C31H42F4O9S. The predicted molar refractivity (Wildman–Crippen MR) is 148 cm³/mol. The first-order chi connectivity index (χ1) is 21.0. The van der Waals surface area contributed by atoms with Gasteiger partial charge in [-0.1, -0.05) is 0 Å². The lowest BCUT2D eigenvalue weighted by Crippen LogP contribution is -2.50. The number of ether oxygens (including phenoxy) is 3. The van der Waals surface area contributed by atoms with E-state index in [1.807, 2.05) is 0 Å². The fraction of sp³-hybridized carbons (Fsp3) is 0.903. The van der Waals surface area contributed by atoms with Crippen molar-refractivity contribution in [2.75, 3.05) is 19.8 Å². The van der Waals surface area contributed by atoms with Crippen LogP contribution in [0, 0.1) is 64.6 Å². The number of hydrogen-bond donors (Lipinski definition) is 1. The number of alkyl halides is 4. The minimum Gasteiger partial charge on any atom is -0.465 e. The van der Waals surface area contributed by atoms with Crippen LogP contribution in [0.2, 0.25) is 0 Å². The molecule has 8 aliphatic rings. The Morgan fingerprint density at radius 1 is 0.667 bits per heavy atom. The highest BCUT2D eigenvalue weighted by atomic mass is 32.2. The lowest BCUT2D eigenvalue weighted by Gasteiger charge is -2.53. The smallest absolute Gasteiger partial charge is 0.431 e. The Morgan fingerprint density at radius 3 is 1.36 bits per heavy atom. The molecule has 0 heterocycles. The van der Waals surface area contributed by atoms with Gasteiger partial charge in [0, 0.05) is 0 Å². The van der Waals surface area contributed by atoms with Gasteiger partial charge in [-0.05, 0) is 118 Å². The second-order valence-electron chi connectivity index (χ2n) is 15.3. The second kappa shape index (κ2) is 11.6. The predicted octanol–water partition coefficient (Wildman–Crippen LogP) is 5.27. The van der Waals surface area contributed by atoms with Crippen molar-refractivity contribution in [1.29, 1.82) is 0 Å². The van der Waals surface area contributed by atoms with Gasteiger partial charge in [-0.2, -0.15) is 26.0 Å². The molecule has 8 aliphatic carbocycles. The summed E-state index contributed by atoms with van der Waals surface area (Å²) in [5.74, 6) is -4.92. The van der Waals surface area contributed by atoms with Gasteiger partial charge in [-0.25, -0.2) is 0 Å². The molecule has 254 valence electrons. The number of hydrogen-bond acceptors (Lipinski definition) is 8. The van der Waals surface area contributed by atoms with Crippen molar-refractivity contribution in [2.24, 2.45) is 64.6 Å². The van der Waals surface area contributed by atoms with Crippen molar-refractivity contribution >= 4 is 28.0 Å². The molecule has 0 spiro atoms. The van der Waals surface area contributed by atoms with Crippen LogP contribution in [0.1, 0.15) is 77.6 Å². The Balaban J connectivity index is 1.11. The molecule has 8 rings (SSSR count). The van der Waals surface area contributed by atoms with Crippen molar-refractivity contribution in [3.63, 3.8) is 0 Å². The lowest BCUT2D eigenvalue weighted by molar-refractivity contribution is -0.186. The van der Waals surface area contributed by atoms with E-state index in [1.54, 1.807) is 0 Å². The maximum absolute atomic E-state index is 14.0. The molecule has 0 atom stereocenters. The van der Waals surface area contributed by atoms with Crippen LogP contribution < -0.4 is 0 Å². The topological polar surface area (TPSA) is 133 Å². The van der Waals surface area contributed by atoms with E-state index >= 15 is 0 Å². The average molecular weight is 667 g/mol. The third-order valence-corrected chi connectivity index (χ3v) is 12.9. The summed E-state index contributed by atoms with van der Waals surface area (Å²) in [6.07, 6.45) is 7.99. The molecule has 0 radical (unpaired) electrons. The molecule has 8 bridgehead atoms. The molecule has 0 aromatic heterocycles. The summed E-state index contributed by atoms with van der Waals surface area (Å²) >= 11 is 0. The molecule has 0 aromatic carbocycles. The lowest BCUT2D eigenvalue weighted by atomic mass is 9.52. The molecule has 9 nitrogen and oxygen atoms in total. The summed E-state index contributed by atoms with van der Waals surface area (Å²) in [6.45, 7) is -1.21. The van der Waals surface area contributed by atoms with Gasteiger partial charge in [0.15, 0.2) is 0 Å². The Kier molecular flexibility index (Phi) is 8.52. The summed E-state index contributed by atoms with van der Waals surface area (Å²) in [7, 11) is -6.45. The van der Waals surface area contributed by atoms with Crippen LogP contribution in [0.25, 0.3) is 0 Å². The molecule has 0 amide bonds. The highest BCUT2D eigenvalue weighted by Crippen LogP contribution is 2.58. The van der Waals surface area contributed by atoms with Gasteiger partial charge in [0.25, 0.3) is 0 Å². The largest absolute Gasteiger partial charge is 0.465 e. The highest BCUT2D eigenvalue weighted by molar-refractivity contribution is 7.87. The maximum atomic E-state index is 14.0. The average Bonchev–Trinajstić information content (AvgIpc) is 2.93. The summed E-state index contributed by atoms with van der Waals surface area (Å²) in [5, 5.41) is -5.81. The Bertz CT molecular complexity index is 1190. The minimum atomic E-state index is -6.45. The van der Waals surface area contributed by atoms with Crippen LogP contribution in [0.4, 0.5) is 17.6 Å². The van der Waals surface area contributed by atoms with E-state index < -0.39 is 70.9 Å². The summed E-state index contributed by atoms with van der Waals surface area (Å²) in [6, 6.07) is 0. The molecule has 0 saturated heterocycles. The minimum absolute atomic E-state index is 0.188. The first-order valence-electron chi connectivity index (χ1n) is 16.2. The standard InChI is InChI=1S/C31H42F4O9S/c1-29(28(38)42-3-2-30(32,33)31(34,35)45(39,40)41,14-43-26(36)24-20-6-16-4-17(8-20)9-21(24)7-16)15-44-27(37)25-22-10-18-5-19(12-22)13-23(25)11-18/h16-25H,2-15H2,1H3,(H,39,40,41). The molecule has 0 aliphatic heterocycles. The second-order valence-corrected chi connectivity index (χ2v) is 16.7. The molecule has 0 unspecified atom stereocenters. The van der Waals surface area contributed by atoms with Crippen molar-refractivity contribution in [3.8, 4) is 0 Å². The molecule has 1 N–H and O–H groups in total. The number of rotatable bonds is 12. The number of halogens is 4. The van der Waals surface area contributed by atoms with Gasteiger partial charge in [0.05, 0.1) is 24.9 Å². The number of esters is 3. The molecule has 45 heavy (non-hydrogen) atoms. The first-order valence-corrected chi connectivity index (χ1v) is 17.6. The fourth-order valence-electron chi connectivity index (χ4n) is 10.2. The van der Waals surface area contributed by atoms with Gasteiger partial charge < -0.3 is 14.2 Å². The Morgan fingerprint density at radius 2 is 1.02 bits per heavy atom. The zero-order valence-corrected chi connectivity index (χ0v) is 26.1. The van der Waals surface area contributed by atoms with Crippen LogP contribution in [0.3, 0.4) is 0 Å². The number of carbonyl (C=O) groups excluding carboxylic acids is 3. The maximum Gasteiger partial charge on any atom is 0.431 e. The van der Waals surface area contributed by atoms with E-state index in [2.05, 4.69) is 0 Å². The van der Waals surface area contributed by atoms with E-state index in [0.29, 0.717) is 23.7 Å². The fourth-order valence-corrected chi connectivity index (χ4v) is 10.7.